The number of nitrogens with zero attached hydrogens (tertiary/aromatic N) is 1. The van der Waals surface area contributed by atoms with Crippen LogP contribution in [0.1, 0.15) is 39.0 Å². The molecule has 0 aromatic rings. The zero-order valence-corrected chi connectivity index (χ0v) is 10.5. The van der Waals surface area contributed by atoms with Crippen molar-refractivity contribution in [2.75, 3.05) is 26.2 Å². The SMILES string of the molecule is CCC1CCN(CC2CCC(CN)O2)CC1. The molecule has 2 rings (SSSR count). The van der Waals surface area contributed by atoms with E-state index in [0.29, 0.717) is 18.8 Å². The first-order chi connectivity index (χ1) is 7.81. The first-order valence-corrected chi connectivity index (χ1v) is 6.89. The third kappa shape index (κ3) is 3.19. The van der Waals surface area contributed by atoms with Gasteiger partial charge in [-0.1, -0.05) is 13.3 Å². The molecule has 2 atom stereocenters. The molecule has 0 aliphatic carbocycles. The molecule has 16 heavy (non-hydrogen) atoms. The molecule has 0 aromatic carbocycles. The second-order valence-corrected chi connectivity index (χ2v) is 5.35. The van der Waals surface area contributed by atoms with Crippen molar-refractivity contribution in [3.05, 3.63) is 0 Å². The van der Waals surface area contributed by atoms with Crippen LogP contribution in [-0.2, 0) is 4.74 Å². The average Bonchev–Trinajstić information content (AvgIpc) is 2.78. The number of rotatable bonds is 4. The van der Waals surface area contributed by atoms with Gasteiger partial charge < -0.3 is 15.4 Å². The van der Waals surface area contributed by atoms with Crippen molar-refractivity contribution in [2.45, 2.75) is 51.2 Å². The Labute approximate surface area is 99.3 Å². The Morgan fingerprint density at radius 3 is 2.38 bits per heavy atom. The lowest BCUT2D eigenvalue weighted by atomic mass is 9.94. The van der Waals surface area contributed by atoms with E-state index in [0.717, 1.165) is 18.9 Å². The first-order valence-electron chi connectivity index (χ1n) is 6.89. The smallest absolute Gasteiger partial charge is 0.0707 e. The predicted molar refractivity (Wildman–Crippen MR) is 66.4 cm³/mol. The molecule has 3 nitrogen and oxygen atoms in total. The maximum atomic E-state index is 5.90. The van der Waals surface area contributed by atoms with Gasteiger partial charge in [-0.2, -0.15) is 0 Å². The summed E-state index contributed by atoms with van der Waals surface area (Å²) in [6, 6.07) is 0. The highest BCUT2D eigenvalue weighted by atomic mass is 16.5. The number of hydrogen-bond donors (Lipinski definition) is 1. The Bertz CT molecular complexity index is 202. The van der Waals surface area contributed by atoms with Gasteiger partial charge in [0.2, 0.25) is 0 Å². The highest BCUT2D eigenvalue weighted by Crippen LogP contribution is 2.23. The number of piperidine rings is 1. The van der Waals surface area contributed by atoms with Gasteiger partial charge in [0.15, 0.2) is 0 Å². The third-order valence-electron chi connectivity index (χ3n) is 4.20. The second-order valence-electron chi connectivity index (χ2n) is 5.35. The summed E-state index contributed by atoms with van der Waals surface area (Å²) >= 11 is 0. The first kappa shape index (κ1) is 12.3. The van der Waals surface area contributed by atoms with Gasteiger partial charge in [0.1, 0.15) is 0 Å². The molecule has 2 heterocycles. The van der Waals surface area contributed by atoms with Crippen LogP contribution in [0.5, 0.6) is 0 Å². The lowest BCUT2D eigenvalue weighted by molar-refractivity contribution is 0.0199. The van der Waals surface area contributed by atoms with Gasteiger partial charge >= 0.3 is 0 Å². The average molecular weight is 226 g/mol. The van der Waals surface area contributed by atoms with Gasteiger partial charge in [0, 0.05) is 13.1 Å². The molecule has 2 saturated heterocycles. The summed E-state index contributed by atoms with van der Waals surface area (Å²) in [6.45, 7) is 6.67. The predicted octanol–water partition coefficient (Wildman–Crippen LogP) is 1.61. The van der Waals surface area contributed by atoms with E-state index < -0.39 is 0 Å². The summed E-state index contributed by atoms with van der Waals surface area (Å²) in [7, 11) is 0. The molecular weight excluding hydrogens is 200 g/mol. The van der Waals surface area contributed by atoms with Crippen LogP contribution < -0.4 is 5.73 Å². The quantitative estimate of drug-likeness (QED) is 0.791. The van der Waals surface area contributed by atoms with E-state index >= 15 is 0 Å². The molecule has 94 valence electrons. The standard InChI is InChI=1S/C13H26N2O/c1-2-11-5-7-15(8-6-11)10-13-4-3-12(9-14)16-13/h11-13H,2-10,14H2,1H3. The van der Waals surface area contributed by atoms with E-state index in [1.807, 2.05) is 0 Å². The molecule has 2 aliphatic heterocycles. The van der Waals surface area contributed by atoms with Crippen molar-refractivity contribution < 1.29 is 4.74 Å². The van der Waals surface area contributed by atoms with Crippen LogP contribution in [0.3, 0.4) is 0 Å². The minimum absolute atomic E-state index is 0.332. The van der Waals surface area contributed by atoms with Gasteiger partial charge in [-0.25, -0.2) is 0 Å². The fraction of sp³-hybridized carbons (Fsp3) is 1.00. The molecule has 0 bridgehead atoms. The van der Waals surface area contributed by atoms with Crippen LogP contribution in [0.4, 0.5) is 0 Å². The van der Waals surface area contributed by atoms with E-state index in [9.17, 15) is 0 Å². The van der Waals surface area contributed by atoms with Crippen LogP contribution in [0, 0.1) is 5.92 Å². The van der Waals surface area contributed by atoms with Crippen LogP contribution >= 0.6 is 0 Å². The molecule has 0 amide bonds. The number of hydrogen-bond acceptors (Lipinski definition) is 3. The Morgan fingerprint density at radius 2 is 1.81 bits per heavy atom. The van der Waals surface area contributed by atoms with E-state index in [4.69, 9.17) is 10.5 Å². The summed E-state index contributed by atoms with van der Waals surface area (Å²) in [5, 5.41) is 0. The number of likely N-dealkylation sites (tertiary alicyclic amines) is 1. The molecule has 3 heteroatoms. The van der Waals surface area contributed by atoms with Gasteiger partial charge in [-0.05, 0) is 44.7 Å². The Morgan fingerprint density at radius 1 is 1.12 bits per heavy atom. The minimum atomic E-state index is 0.332. The maximum Gasteiger partial charge on any atom is 0.0707 e. The zero-order valence-electron chi connectivity index (χ0n) is 10.5. The van der Waals surface area contributed by atoms with Crippen LogP contribution in [-0.4, -0.2) is 43.3 Å². The monoisotopic (exact) mass is 226 g/mol. The zero-order chi connectivity index (χ0) is 11.4. The molecule has 2 fully saturated rings. The van der Waals surface area contributed by atoms with Crippen molar-refractivity contribution >= 4 is 0 Å². The van der Waals surface area contributed by atoms with E-state index in [2.05, 4.69) is 11.8 Å². The lowest BCUT2D eigenvalue weighted by Crippen LogP contribution is -2.39. The van der Waals surface area contributed by atoms with Crippen molar-refractivity contribution in [2.24, 2.45) is 11.7 Å². The number of nitrogens with two attached hydrogens (primary N) is 1. The lowest BCUT2D eigenvalue weighted by Gasteiger charge is -2.33. The van der Waals surface area contributed by atoms with E-state index in [-0.39, 0.29) is 0 Å². The fourth-order valence-electron chi connectivity index (χ4n) is 2.95. The molecule has 2 N–H and O–H groups in total. The van der Waals surface area contributed by atoms with Crippen LogP contribution in [0.2, 0.25) is 0 Å². The third-order valence-corrected chi connectivity index (χ3v) is 4.20. The number of ether oxygens (including phenoxy) is 1. The topological polar surface area (TPSA) is 38.5 Å². The fourth-order valence-corrected chi connectivity index (χ4v) is 2.95. The van der Waals surface area contributed by atoms with Gasteiger partial charge in [0.05, 0.1) is 12.2 Å². The molecule has 2 aliphatic rings. The van der Waals surface area contributed by atoms with Crippen LogP contribution in [0.25, 0.3) is 0 Å². The summed E-state index contributed by atoms with van der Waals surface area (Å²) in [5.74, 6) is 0.970. The molecule has 2 unspecified atom stereocenters. The van der Waals surface area contributed by atoms with Crippen molar-refractivity contribution in [3.8, 4) is 0 Å². The van der Waals surface area contributed by atoms with Gasteiger partial charge in [-0.3, -0.25) is 0 Å². The minimum Gasteiger partial charge on any atom is -0.372 e. The van der Waals surface area contributed by atoms with Crippen molar-refractivity contribution in [1.29, 1.82) is 0 Å². The Hall–Kier alpha value is -0.120. The molecule has 0 saturated carbocycles. The highest BCUT2D eigenvalue weighted by molar-refractivity contribution is 4.79. The normalized spacial score (nSPS) is 33.4. The Kier molecular flexibility index (Phi) is 4.62. The molecule has 0 aromatic heterocycles. The van der Waals surface area contributed by atoms with E-state index in [1.165, 1.54) is 38.8 Å². The summed E-state index contributed by atoms with van der Waals surface area (Å²) in [5.41, 5.74) is 5.63. The van der Waals surface area contributed by atoms with E-state index in [1.54, 1.807) is 0 Å². The van der Waals surface area contributed by atoms with Gasteiger partial charge in [0.25, 0.3) is 0 Å². The summed E-state index contributed by atoms with van der Waals surface area (Å²) in [4.78, 5) is 2.58. The maximum absolute atomic E-state index is 5.90. The van der Waals surface area contributed by atoms with Crippen molar-refractivity contribution in [1.82, 2.24) is 4.90 Å². The van der Waals surface area contributed by atoms with Crippen LogP contribution in [0.15, 0.2) is 0 Å². The largest absolute Gasteiger partial charge is 0.372 e. The molecule has 0 radical (unpaired) electrons. The summed E-state index contributed by atoms with van der Waals surface area (Å²) in [6.07, 6.45) is 7.25. The van der Waals surface area contributed by atoms with Gasteiger partial charge in [-0.15, -0.1) is 0 Å². The summed E-state index contributed by atoms with van der Waals surface area (Å²) < 4.78 is 5.90. The second kappa shape index (κ2) is 5.99. The van der Waals surface area contributed by atoms with Crippen molar-refractivity contribution in [3.63, 3.8) is 0 Å². The molecular formula is C13H26N2O. The Balaban J connectivity index is 1.67. The highest BCUT2D eigenvalue weighted by Gasteiger charge is 2.27. The molecule has 0 spiro atoms.